The van der Waals surface area contributed by atoms with Gasteiger partial charge in [0.25, 0.3) is 0 Å². The standard InChI is InChI=1S/H3N.Na.O.V/h1H3;;;/q;+1;-2;/p+1. The molecular formula is H4NNaOV. The van der Waals surface area contributed by atoms with Crippen molar-refractivity contribution >= 4 is 0 Å². The van der Waals surface area contributed by atoms with Gasteiger partial charge >= 0.3 is 29.6 Å². The van der Waals surface area contributed by atoms with E-state index in [1.54, 1.807) is 0 Å². The Hall–Kier alpha value is 1.50. The Kier molecular flexibility index (Phi) is 302. The summed E-state index contributed by atoms with van der Waals surface area (Å²) in [6.45, 7) is 0. The molecule has 21 valence electrons. The zero-order chi connectivity index (χ0) is 0. The van der Waals surface area contributed by atoms with Gasteiger partial charge in [0.2, 0.25) is 0 Å². The van der Waals surface area contributed by atoms with Crippen LogP contribution < -0.4 is 35.7 Å². The Balaban J connectivity index is 0. The number of quaternary nitrogens is 1. The molecule has 0 bridgehead atoms. The smallest absolute Gasteiger partial charge is 1.00 e. The van der Waals surface area contributed by atoms with Crippen molar-refractivity contribution in [1.29, 1.82) is 0 Å². The normalized spacial score (nSPS) is 0. The molecule has 0 spiro atoms. The fraction of sp³-hybridized carbons (Fsp3) is 0. The predicted octanol–water partition coefficient (Wildman–Crippen LogP) is -2.74. The molecule has 0 aromatic heterocycles. The summed E-state index contributed by atoms with van der Waals surface area (Å²) in [7, 11) is 0. The first-order valence-corrected chi connectivity index (χ1v) is 0. The predicted molar refractivity (Wildman–Crippen MR) is 6.67 cm³/mol. The third-order valence-corrected chi connectivity index (χ3v) is 0. The summed E-state index contributed by atoms with van der Waals surface area (Å²) in [5, 5.41) is 0. The van der Waals surface area contributed by atoms with Gasteiger partial charge in [0.15, 0.2) is 0 Å². The minimum Gasteiger partial charge on any atom is -2.00 e. The van der Waals surface area contributed by atoms with Gasteiger partial charge in [0.05, 0.1) is 0 Å². The minimum atomic E-state index is 0. The topological polar surface area (TPSA) is 65.0 Å². The van der Waals surface area contributed by atoms with Crippen LogP contribution >= 0.6 is 0 Å². The first-order valence-electron chi connectivity index (χ1n) is 0. The first-order chi connectivity index (χ1) is 0. The largest absolute Gasteiger partial charge is 2.00 e. The van der Waals surface area contributed by atoms with Gasteiger partial charge < -0.3 is 11.6 Å². The third-order valence-electron chi connectivity index (χ3n) is 0. The monoisotopic (exact) mass is 108 g/mol. The Bertz CT molecular complexity index is 8.00. The number of hydrogen-bond donors (Lipinski definition) is 1. The molecule has 4 heavy (non-hydrogen) atoms. The van der Waals surface area contributed by atoms with Crippen molar-refractivity contribution < 1.29 is 53.6 Å². The summed E-state index contributed by atoms with van der Waals surface area (Å²) >= 11 is 0. The molecule has 0 fully saturated rings. The van der Waals surface area contributed by atoms with Gasteiger partial charge in [0.1, 0.15) is 0 Å². The summed E-state index contributed by atoms with van der Waals surface area (Å²) in [4.78, 5) is 0. The van der Waals surface area contributed by atoms with Crippen molar-refractivity contribution in [1.82, 2.24) is 6.15 Å². The van der Waals surface area contributed by atoms with E-state index in [2.05, 4.69) is 0 Å². The quantitative estimate of drug-likeness (QED) is 0.327. The van der Waals surface area contributed by atoms with Crippen LogP contribution in [0, 0.1) is 0 Å². The van der Waals surface area contributed by atoms with Crippen LogP contribution in [-0.2, 0) is 24.0 Å². The van der Waals surface area contributed by atoms with Crippen LogP contribution in [0.15, 0.2) is 0 Å². The second-order valence-corrected chi connectivity index (χ2v) is 0. The molecule has 0 saturated carbocycles. The first kappa shape index (κ1) is 49.3. The van der Waals surface area contributed by atoms with Gasteiger partial charge in [0, 0.05) is 18.6 Å². The maximum atomic E-state index is 0. The summed E-state index contributed by atoms with van der Waals surface area (Å²) in [5.41, 5.74) is 0. The molecule has 0 aliphatic rings. The Morgan fingerprint density at radius 2 is 1.00 bits per heavy atom. The fourth-order valence-electron chi connectivity index (χ4n) is 0. The van der Waals surface area contributed by atoms with Crippen molar-refractivity contribution in [3.8, 4) is 0 Å². The maximum absolute atomic E-state index is 0. The van der Waals surface area contributed by atoms with E-state index in [1.165, 1.54) is 0 Å². The average molecular weight is 108 g/mol. The molecule has 0 atom stereocenters. The molecule has 4 N–H and O–H groups in total. The van der Waals surface area contributed by atoms with Crippen LogP contribution in [0.3, 0.4) is 0 Å². The minimum absolute atomic E-state index is 0. The van der Waals surface area contributed by atoms with E-state index in [0.29, 0.717) is 0 Å². The van der Waals surface area contributed by atoms with Crippen molar-refractivity contribution in [3.63, 3.8) is 0 Å². The molecule has 0 heterocycles. The zero-order valence-electron chi connectivity index (χ0n) is 2.86. The molecule has 0 amide bonds. The van der Waals surface area contributed by atoms with E-state index in [4.69, 9.17) is 0 Å². The van der Waals surface area contributed by atoms with E-state index >= 15 is 0 Å². The van der Waals surface area contributed by atoms with E-state index in [1.807, 2.05) is 0 Å². The van der Waals surface area contributed by atoms with Crippen LogP contribution in [-0.4, -0.2) is 0 Å². The van der Waals surface area contributed by atoms with Gasteiger partial charge in [-0.05, 0) is 0 Å². The van der Waals surface area contributed by atoms with Crippen LogP contribution in [0.4, 0.5) is 0 Å². The maximum Gasteiger partial charge on any atom is 1.00 e. The summed E-state index contributed by atoms with van der Waals surface area (Å²) in [6.07, 6.45) is 0. The van der Waals surface area contributed by atoms with E-state index < -0.39 is 0 Å². The second-order valence-electron chi connectivity index (χ2n) is 0. The van der Waals surface area contributed by atoms with Crippen molar-refractivity contribution in [2.45, 2.75) is 0 Å². The second kappa shape index (κ2) is 24.4. The molecule has 0 aliphatic heterocycles. The number of rotatable bonds is 0. The Morgan fingerprint density at radius 1 is 1.00 bits per heavy atom. The molecule has 0 aromatic carbocycles. The molecule has 0 rings (SSSR count). The van der Waals surface area contributed by atoms with Gasteiger partial charge in [-0.25, -0.2) is 0 Å². The summed E-state index contributed by atoms with van der Waals surface area (Å²) < 4.78 is 0. The molecule has 0 unspecified atom stereocenters. The Labute approximate surface area is 59.4 Å². The fourth-order valence-corrected chi connectivity index (χ4v) is 0. The van der Waals surface area contributed by atoms with E-state index in [0.717, 1.165) is 0 Å². The number of hydrogen-bond acceptors (Lipinski definition) is 0. The van der Waals surface area contributed by atoms with Crippen LogP contribution in [0.1, 0.15) is 0 Å². The van der Waals surface area contributed by atoms with Crippen molar-refractivity contribution in [2.24, 2.45) is 0 Å². The third kappa shape index (κ3) is 9.71. The molecular weight excluding hydrogens is 104 g/mol. The average Bonchev–Trinajstić information content (AvgIpc) is 0. The molecule has 0 aromatic rings. The summed E-state index contributed by atoms with van der Waals surface area (Å²) in [5.74, 6) is 0. The van der Waals surface area contributed by atoms with Crippen LogP contribution in [0.25, 0.3) is 0 Å². The van der Waals surface area contributed by atoms with Gasteiger partial charge in [-0.3, -0.25) is 0 Å². The molecule has 0 saturated heterocycles. The van der Waals surface area contributed by atoms with Crippen LogP contribution in [0.5, 0.6) is 0 Å². The molecule has 0 aliphatic carbocycles. The molecule has 4 heteroatoms. The van der Waals surface area contributed by atoms with Crippen molar-refractivity contribution in [3.05, 3.63) is 0 Å². The molecule has 1 radical (unpaired) electrons. The van der Waals surface area contributed by atoms with Gasteiger partial charge in [-0.1, -0.05) is 0 Å². The SMILES string of the molecule is [NH4+].[Na+].[O-2].[V]. The van der Waals surface area contributed by atoms with Crippen molar-refractivity contribution in [2.75, 3.05) is 0 Å². The Morgan fingerprint density at radius 3 is 1.00 bits per heavy atom. The zero-order valence-corrected chi connectivity index (χ0v) is 6.25. The summed E-state index contributed by atoms with van der Waals surface area (Å²) in [6, 6.07) is 0. The molecule has 2 nitrogen and oxygen atoms in total. The van der Waals surface area contributed by atoms with Crippen LogP contribution in [0.2, 0.25) is 0 Å². The van der Waals surface area contributed by atoms with E-state index in [-0.39, 0.29) is 59.7 Å². The van der Waals surface area contributed by atoms with Gasteiger partial charge in [-0.15, -0.1) is 0 Å². The van der Waals surface area contributed by atoms with Gasteiger partial charge in [-0.2, -0.15) is 0 Å². The van der Waals surface area contributed by atoms with E-state index in [9.17, 15) is 0 Å².